The third-order valence-corrected chi connectivity index (χ3v) is 4.82. The van der Waals surface area contributed by atoms with Gasteiger partial charge in [-0.05, 0) is 23.6 Å². The Kier molecular flexibility index (Phi) is 6.33. The van der Waals surface area contributed by atoms with Crippen LogP contribution in [-0.4, -0.2) is 30.4 Å². The summed E-state index contributed by atoms with van der Waals surface area (Å²) in [6, 6.07) is 20.8. The van der Waals surface area contributed by atoms with Crippen molar-refractivity contribution in [3.8, 4) is 5.75 Å². The fraction of sp³-hybridized carbons (Fsp3) is 0.143. The van der Waals surface area contributed by atoms with E-state index in [4.69, 9.17) is 4.74 Å². The molecule has 27 heavy (non-hydrogen) atoms. The minimum atomic E-state index is -0.161. The predicted molar refractivity (Wildman–Crippen MR) is 112 cm³/mol. The van der Waals surface area contributed by atoms with Gasteiger partial charge in [-0.1, -0.05) is 42.5 Å². The number of hydrogen-bond acceptors (Lipinski definition) is 4. The number of benzene rings is 3. The third kappa shape index (κ3) is 5.24. The van der Waals surface area contributed by atoms with Crippen LogP contribution in [0.3, 0.4) is 0 Å². The van der Waals surface area contributed by atoms with Gasteiger partial charge in [-0.15, -0.1) is 11.8 Å². The second-order valence-corrected chi connectivity index (χ2v) is 6.83. The highest BCUT2D eigenvalue weighted by Crippen LogP contribution is 2.23. The van der Waals surface area contributed by atoms with Crippen LogP contribution >= 0.6 is 11.8 Å². The van der Waals surface area contributed by atoms with Crippen molar-refractivity contribution in [3.05, 3.63) is 66.7 Å². The van der Waals surface area contributed by atoms with E-state index in [-0.39, 0.29) is 23.3 Å². The number of ether oxygens (including phenoxy) is 1. The van der Waals surface area contributed by atoms with Crippen molar-refractivity contribution in [2.75, 3.05) is 29.2 Å². The molecule has 5 nitrogen and oxygen atoms in total. The van der Waals surface area contributed by atoms with Crippen LogP contribution in [-0.2, 0) is 9.59 Å². The standard InChI is InChI=1S/C21H20N2O3S/c1-26-17-9-5-8-16(12-17)22-20(24)13-27-14-21(25)23-19-11-4-7-15-6-2-3-10-18(15)19/h2-12H,13-14H2,1H3,(H,22,24)(H,23,25). The first kappa shape index (κ1) is 18.8. The van der Waals surface area contributed by atoms with Gasteiger partial charge in [-0.25, -0.2) is 0 Å². The highest BCUT2D eigenvalue weighted by molar-refractivity contribution is 8.00. The van der Waals surface area contributed by atoms with Gasteiger partial charge in [0.2, 0.25) is 11.8 Å². The molecule has 0 spiro atoms. The van der Waals surface area contributed by atoms with Crippen molar-refractivity contribution >= 4 is 45.7 Å². The average molecular weight is 380 g/mol. The fourth-order valence-electron chi connectivity index (χ4n) is 2.66. The molecular weight excluding hydrogens is 360 g/mol. The summed E-state index contributed by atoms with van der Waals surface area (Å²) in [5, 5.41) is 7.77. The minimum absolute atomic E-state index is 0.134. The van der Waals surface area contributed by atoms with Gasteiger partial charge in [0.05, 0.1) is 18.6 Å². The van der Waals surface area contributed by atoms with Gasteiger partial charge >= 0.3 is 0 Å². The van der Waals surface area contributed by atoms with Crippen LogP contribution in [0.5, 0.6) is 5.75 Å². The number of fused-ring (bicyclic) bond motifs is 1. The number of nitrogens with one attached hydrogen (secondary N) is 2. The normalized spacial score (nSPS) is 10.4. The van der Waals surface area contributed by atoms with Crippen molar-refractivity contribution < 1.29 is 14.3 Å². The van der Waals surface area contributed by atoms with Crippen LogP contribution in [0.25, 0.3) is 10.8 Å². The van der Waals surface area contributed by atoms with Crippen LogP contribution in [0, 0.1) is 0 Å². The van der Waals surface area contributed by atoms with Crippen LogP contribution in [0.15, 0.2) is 66.7 Å². The summed E-state index contributed by atoms with van der Waals surface area (Å²) >= 11 is 1.27. The molecule has 0 unspecified atom stereocenters. The van der Waals surface area contributed by atoms with Crippen LogP contribution < -0.4 is 15.4 Å². The first-order valence-corrected chi connectivity index (χ1v) is 9.60. The molecular formula is C21H20N2O3S. The van der Waals surface area contributed by atoms with Crippen molar-refractivity contribution in [1.29, 1.82) is 0 Å². The van der Waals surface area contributed by atoms with Crippen molar-refractivity contribution in [2.24, 2.45) is 0 Å². The molecule has 0 bridgehead atoms. The smallest absolute Gasteiger partial charge is 0.234 e. The summed E-state index contributed by atoms with van der Waals surface area (Å²) in [7, 11) is 1.57. The molecule has 0 radical (unpaired) electrons. The lowest BCUT2D eigenvalue weighted by molar-refractivity contribution is -0.114. The minimum Gasteiger partial charge on any atom is -0.497 e. The maximum Gasteiger partial charge on any atom is 0.234 e. The molecule has 3 aromatic rings. The predicted octanol–water partition coefficient (Wildman–Crippen LogP) is 4.16. The van der Waals surface area contributed by atoms with E-state index < -0.39 is 0 Å². The van der Waals surface area contributed by atoms with Crippen LogP contribution in [0.1, 0.15) is 0 Å². The largest absolute Gasteiger partial charge is 0.497 e. The zero-order chi connectivity index (χ0) is 19.1. The molecule has 0 aliphatic heterocycles. The number of rotatable bonds is 7. The maximum absolute atomic E-state index is 12.2. The summed E-state index contributed by atoms with van der Waals surface area (Å²) in [4.78, 5) is 24.2. The van der Waals surface area contributed by atoms with E-state index in [9.17, 15) is 9.59 Å². The summed E-state index contributed by atoms with van der Waals surface area (Å²) in [5.41, 5.74) is 1.44. The lowest BCUT2D eigenvalue weighted by Crippen LogP contribution is -2.18. The number of carbonyl (C=O) groups is 2. The van der Waals surface area contributed by atoms with Crippen LogP contribution in [0.2, 0.25) is 0 Å². The Morgan fingerprint density at radius 1 is 0.889 bits per heavy atom. The molecule has 6 heteroatoms. The number of hydrogen-bond donors (Lipinski definition) is 2. The zero-order valence-electron chi connectivity index (χ0n) is 14.9. The number of amides is 2. The Balaban J connectivity index is 1.48. The Bertz CT molecular complexity index is 954. The molecule has 0 aliphatic carbocycles. The lowest BCUT2D eigenvalue weighted by Gasteiger charge is -2.09. The number of thioether (sulfide) groups is 1. The van der Waals surface area contributed by atoms with Gasteiger partial charge in [-0.3, -0.25) is 9.59 Å². The van der Waals surface area contributed by atoms with Crippen molar-refractivity contribution in [2.45, 2.75) is 0 Å². The fourth-order valence-corrected chi connectivity index (χ4v) is 3.27. The van der Waals surface area contributed by atoms with Gasteiger partial charge in [0.1, 0.15) is 5.75 Å². The molecule has 0 atom stereocenters. The molecule has 0 saturated carbocycles. The number of anilines is 2. The first-order valence-electron chi connectivity index (χ1n) is 8.45. The topological polar surface area (TPSA) is 67.4 Å². The second-order valence-electron chi connectivity index (χ2n) is 5.85. The molecule has 0 fully saturated rings. The van der Waals surface area contributed by atoms with E-state index in [0.717, 1.165) is 16.5 Å². The molecule has 0 aromatic heterocycles. The quantitative estimate of drug-likeness (QED) is 0.646. The molecule has 138 valence electrons. The molecule has 0 heterocycles. The van der Waals surface area contributed by atoms with Gasteiger partial charge in [0, 0.05) is 22.8 Å². The monoisotopic (exact) mass is 380 g/mol. The van der Waals surface area contributed by atoms with E-state index in [2.05, 4.69) is 10.6 Å². The van der Waals surface area contributed by atoms with E-state index in [0.29, 0.717) is 11.4 Å². The molecule has 3 aromatic carbocycles. The molecule has 0 saturated heterocycles. The highest BCUT2D eigenvalue weighted by Gasteiger charge is 2.08. The second kappa shape index (κ2) is 9.09. The number of methoxy groups -OCH3 is 1. The number of carbonyl (C=O) groups excluding carboxylic acids is 2. The summed E-state index contributed by atoms with van der Waals surface area (Å²) in [5.74, 6) is 0.779. The lowest BCUT2D eigenvalue weighted by atomic mass is 10.1. The Labute approximate surface area is 162 Å². The van der Waals surface area contributed by atoms with Gasteiger partial charge in [0.25, 0.3) is 0 Å². The SMILES string of the molecule is COc1cccc(NC(=O)CSCC(=O)Nc2cccc3ccccc23)c1. The van der Waals surface area contributed by atoms with E-state index >= 15 is 0 Å². The maximum atomic E-state index is 12.2. The van der Waals surface area contributed by atoms with E-state index in [1.165, 1.54) is 11.8 Å². The zero-order valence-corrected chi connectivity index (χ0v) is 15.7. The van der Waals surface area contributed by atoms with E-state index in [1.807, 2.05) is 48.5 Å². The Hall–Kier alpha value is -2.99. The first-order chi connectivity index (χ1) is 13.2. The third-order valence-electron chi connectivity index (χ3n) is 3.88. The molecule has 0 aliphatic rings. The van der Waals surface area contributed by atoms with Gasteiger partial charge in [-0.2, -0.15) is 0 Å². The van der Waals surface area contributed by atoms with Gasteiger partial charge < -0.3 is 15.4 Å². The van der Waals surface area contributed by atoms with E-state index in [1.54, 1.807) is 25.3 Å². The average Bonchev–Trinajstić information content (AvgIpc) is 2.68. The van der Waals surface area contributed by atoms with Crippen molar-refractivity contribution in [1.82, 2.24) is 0 Å². The van der Waals surface area contributed by atoms with Gasteiger partial charge in [0.15, 0.2) is 0 Å². The molecule has 2 N–H and O–H groups in total. The molecule has 3 rings (SSSR count). The highest BCUT2D eigenvalue weighted by atomic mass is 32.2. The van der Waals surface area contributed by atoms with Crippen molar-refractivity contribution in [3.63, 3.8) is 0 Å². The summed E-state index contributed by atoms with van der Waals surface area (Å²) < 4.78 is 5.13. The Morgan fingerprint density at radius 2 is 1.59 bits per heavy atom. The van der Waals surface area contributed by atoms with Crippen LogP contribution in [0.4, 0.5) is 11.4 Å². The summed E-state index contributed by atoms with van der Waals surface area (Å²) in [6.45, 7) is 0. The molecule has 2 amide bonds. The Morgan fingerprint density at radius 3 is 2.41 bits per heavy atom. The summed E-state index contributed by atoms with van der Waals surface area (Å²) in [6.07, 6.45) is 0.